The second-order valence-electron chi connectivity index (χ2n) is 4.92. The average molecular weight is 378 g/mol. The van der Waals surface area contributed by atoms with Crippen molar-refractivity contribution in [3.63, 3.8) is 0 Å². The van der Waals surface area contributed by atoms with Crippen molar-refractivity contribution < 1.29 is 39.0 Å². The Morgan fingerprint density at radius 3 is 2.42 bits per heavy atom. The fourth-order valence-corrected chi connectivity index (χ4v) is 2.59. The Balaban J connectivity index is 1.81. The Morgan fingerprint density at radius 1 is 1.08 bits per heavy atom. The first-order chi connectivity index (χ1) is 12.4. The maximum Gasteiger partial charge on any atom is 0.364 e. The van der Waals surface area contributed by atoms with Crippen LogP contribution in [-0.4, -0.2) is 42.9 Å². The Hall–Kier alpha value is -3.28. The van der Waals surface area contributed by atoms with Gasteiger partial charge in [0.15, 0.2) is 11.8 Å². The van der Waals surface area contributed by atoms with Gasteiger partial charge >= 0.3 is 11.9 Å². The van der Waals surface area contributed by atoms with E-state index >= 15 is 0 Å². The molecule has 1 aliphatic rings. The summed E-state index contributed by atoms with van der Waals surface area (Å²) in [5, 5.41) is 28.0. The Morgan fingerprint density at radius 2 is 1.77 bits per heavy atom. The molecule has 26 heavy (non-hydrogen) atoms. The number of hydrogen-bond acceptors (Lipinski definition) is 9. The molecule has 0 bridgehead atoms. The van der Waals surface area contributed by atoms with E-state index in [-0.39, 0.29) is 45.0 Å². The van der Waals surface area contributed by atoms with Crippen molar-refractivity contribution in [2.45, 2.75) is 0 Å². The standard InChI is InChI=1S/C15H10N2O8S/c18-11-4-5-12(19)16(11)9-3-1-2-8(6-9)15(22)24-17-13(20)7-10(14(17)21)26-25-23/h1-7,18-19,23H. The zero-order valence-corrected chi connectivity index (χ0v) is 13.5. The lowest BCUT2D eigenvalue weighted by atomic mass is 10.2. The predicted molar refractivity (Wildman–Crippen MR) is 85.8 cm³/mol. The van der Waals surface area contributed by atoms with E-state index in [2.05, 4.69) is 4.33 Å². The van der Waals surface area contributed by atoms with Crippen molar-refractivity contribution in [3.8, 4) is 17.4 Å². The van der Waals surface area contributed by atoms with Crippen molar-refractivity contribution in [2.24, 2.45) is 0 Å². The number of amides is 2. The van der Waals surface area contributed by atoms with E-state index in [4.69, 9.17) is 10.1 Å². The Bertz CT molecular complexity index is 916. The summed E-state index contributed by atoms with van der Waals surface area (Å²) in [7, 11) is 0. The number of carbonyl (C=O) groups excluding carboxylic acids is 3. The summed E-state index contributed by atoms with van der Waals surface area (Å²) < 4.78 is 4.79. The highest BCUT2D eigenvalue weighted by Gasteiger charge is 2.36. The maximum atomic E-state index is 12.2. The molecule has 0 atom stereocenters. The molecule has 0 saturated carbocycles. The van der Waals surface area contributed by atoms with E-state index in [1.165, 1.54) is 36.4 Å². The Labute approximate surface area is 149 Å². The van der Waals surface area contributed by atoms with Crippen molar-refractivity contribution >= 4 is 29.8 Å². The summed E-state index contributed by atoms with van der Waals surface area (Å²) >= 11 is 0.236. The average Bonchev–Trinajstić information content (AvgIpc) is 3.09. The number of benzene rings is 1. The minimum Gasteiger partial charge on any atom is -0.494 e. The first-order valence-corrected chi connectivity index (χ1v) is 7.67. The molecular weight excluding hydrogens is 368 g/mol. The summed E-state index contributed by atoms with van der Waals surface area (Å²) in [4.78, 5) is 40.4. The first kappa shape index (κ1) is 17.5. The van der Waals surface area contributed by atoms with Gasteiger partial charge in [0.1, 0.15) is 4.91 Å². The molecule has 2 amide bonds. The van der Waals surface area contributed by atoms with Crippen molar-refractivity contribution in [1.82, 2.24) is 9.63 Å². The van der Waals surface area contributed by atoms with Gasteiger partial charge in [0.2, 0.25) is 0 Å². The van der Waals surface area contributed by atoms with Crippen LogP contribution in [0, 0.1) is 0 Å². The fourth-order valence-electron chi connectivity index (χ4n) is 2.21. The monoisotopic (exact) mass is 378 g/mol. The molecule has 2 heterocycles. The van der Waals surface area contributed by atoms with Crippen LogP contribution in [0.15, 0.2) is 47.4 Å². The number of carbonyl (C=O) groups is 3. The summed E-state index contributed by atoms with van der Waals surface area (Å²) in [6, 6.07) is 8.13. The normalized spacial score (nSPS) is 13.9. The summed E-state index contributed by atoms with van der Waals surface area (Å²) in [6.45, 7) is 0. The van der Waals surface area contributed by atoms with Crippen molar-refractivity contribution in [1.29, 1.82) is 0 Å². The number of hydroxylamine groups is 2. The zero-order valence-electron chi connectivity index (χ0n) is 12.7. The molecule has 0 aliphatic carbocycles. The summed E-state index contributed by atoms with van der Waals surface area (Å²) in [5.41, 5.74) is 0.205. The van der Waals surface area contributed by atoms with Crippen LogP contribution >= 0.6 is 12.0 Å². The third kappa shape index (κ3) is 3.13. The third-order valence-electron chi connectivity index (χ3n) is 3.33. The smallest absolute Gasteiger partial charge is 0.364 e. The molecule has 3 rings (SSSR count). The number of nitrogens with zero attached hydrogens (tertiary/aromatic N) is 2. The topological polar surface area (TPSA) is 139 Å². The Kier molecular flexibility index (Phi) is 4.67. The van der Waals surface area contributed by atoms with Crippen LogP contribution in [0.2, 0.25) is 0 Å². The van der Waals surface area contributed by atoms with Crippen LogP contribution in [0.4, 0.5) is 0 Å². The van der Waals surface area contributed by atoms with Gasteiger partial charge in [0.05, 0.1) is 23.3 Å². The minimum absolute atomic E-state index is 0.0462. The molecular formula is C15H10N2O8S. The summed E-state index contributed by atoms with van der Waals surface area (Å²) in [5.74, 6) is -3.43. The molecule has 0 radical (unpaired) electrons. The van der Waals surface area contributed by atoms with Gasteiger partial charge in [0, 0.05) is 18.2 Å². The van der Waals surface area contributed by atoms with Gasteiger partial charge in [-0.1, -0.05) is 11.1 Å². The molecule has 1 aliphatic heterocycles. The van der Waals surface area contributed by atoms with Crippen LogP contribution in [0.1, 0.15) is 10.4 Å². The minimum atomic E-state index is -1.02. The highest BCUT2D eigenvalue weighted by atomic mass is 32.2. The van der Waals surface area contributed by atoms with Gasteiger partial charge in [-0.25, -0.2) is 10.1 Å². The molecule has 1 aromatic heterocycles. The van der Waals surface area contributed by atoms with E-state index in [9.17, 15) is 24.6 Å². The predicted octanol–water partition coefficient (Wildman–Crippen LogP) is 1.35. The van der Waals surface area contributed by atoms with Crippen LogP contribution in [0.3, 0.4) is 0 Å². The maximum absolute atomic E-state index is 12.2. The largest absolute Gasteiger partial charge is 0.494 e. The van der Waals surface area contributed by atoms with Gasteiger partial charge in [-0.05, 0) is 18.2 Å². The lowest BCUT2D eigenvalue weighted by Crippen LogP contribution is -2.33. The van der Waals surface area contributed by atoms with Crippen molar-refractivity contribution in [3.05, 3.63) is 52.9 Å². The highest BCUT2D eigenvalue weighted by Crippen LogP contribution is 2.28. The van der Waals surface area contributed by atoms with Crippen LogP contribution in [0.25, 0.3) is 5.69 Å². The second kappa shape index (κ2) is 6.92. The lowest BCUT2D eigenvalue weighted by Gasteiger charge is -2.14. The van der Waals surface area contributed by atoms with Gasteiger partial charge in [-0.15, -0.1) is 0 Å². The molecule has 3 N–H and O–H groups in total. The number of aromatic nitrogens is 1. The molecule has 134 valence electrons. The van der Waals surface area contributed by atoms with Crippen LogP contribution in [0.5, 0.6) is 11.8 Å². The quantitative estimate of drug-likeness (QED) is 0.304. The van der Waals surface area contributed by atoms with Gasteiger partial charge < -0.3 is 15.1 Å². The van der Waals surface area contributed by atoms with Crippen LogP contribution in [-0.2, 0) is 18.8 Å². The number of hydrogen-bond donors (Lipinski definition) is 3. The van der Waals surface area contributed by atoms with E-state index in [1.54, 1.807) is 0 Å². The molecule has 0 unspecified atom stereocenters. The molecule has 1 aromatic carbocycles. The van der Waals surface area contributed by atoms with Crippen LogP contribution < -0.4 is 0 Å². The molecule has 0 spiro atoms. The highest BCUT2D eigenvalue weighted by molar-refractivity contribution is 7.99. The molecule has 0 saturated heterocycles. The lowest BCUT2D eigenvalue weighted by molar-refractivity contribution is -0.171. The molecule has 2 aromatic rings. The number of rotatable bonds is 5. The number of imide groups is 1. The summed E-state index contributed by atoms with van der Waals surface area (Å²) in [6.07, 6.45) is 0.836. The zero-order chi connectivity index (χ0) is 18.8. The van der Waals surface area contributed by atoms with Gasteiger partial charge in [-0.3, -0.25) is 14.2 Å². The second-order valence-corrected chi connectivity index (χ2v) is 5.67. The number of aromatic hydroxyl groups is 2. The van der Waals surface area contributed by atoms with E-state index in [0.29, 0.717) is 0 Å². The third-order valence-corrected chi connectivity index (χ3v) is 3.88. The molecule has 0 fully saturated rings. The molecule has 10 nitrogen and oxygen atoms in total. The SMILES string of the molecule is O=C(ON1C(=O)C=C(SOO)C1=O)c1cccc(-n2c(O)ccc2O)c1. The first-order valence-electron chi connectivity index (χ1n) is 6.93. The van der Waals surface area contributed by atoms with Gasteiger partial charge in [-0.2, -0.15) is 4.33 Å². The van der Waals surface area contributed by atoms with E-state index in [1.807, 2.05) is 0 Å². The fraction of sp³-hybridized carbons (Fsp3) is 0. The van der Waals surface area contributed by atoms with Gasteiger partial charge in [0.25, 0.3) is 5.91 Å². The molecule has 11 heteroatoms. The van der Waals surface area contributed by atoms with Crippen molar-refractivity contribution in [2.75, 3.05) is 0 Å². The van der Waals surface area contributed by atoms with E-state index in [0.717, 1.165) is 10.6 Å². The van der Waals surface area contributed by atoms with E-state index < -0.39 is 17.8 Å².